The van der Waals surface area contributed by atoms with E-state index in [-0.39, 0.29) is 6.10 Å². The van der Waals surface area contributed by atoms with Crippen molar-refractivity contribution >= 4 is 5.82 Å². The molecule has 0 aromatic carbocycles. The van der Waals surface area contributed by atoms with Gasteiger partial charge in [-0.2, -0.15) is 0 Å². The van der Waals surface area contributed by atoms with Gasteiger partial charge in [-0.1, -0.05) is 0 Å². The van der Waals surface area contributed by atoms with Crippen LogP contribution in [0.4, 0.5) is 5.82 Å². The topological polar surface area (TPSA) is 73.5 Å². The van der Waals surface area contributed by atoms with E-state index in [2.05, 4.69) is 14.9 Å². The van der Waals surface area contributed by atoms with Gasteiger partial charge in [0.05, 0.1) is 13.2 Å². The van der Waals surface area contributed by atoms with Gasteiger partial charge < -0.3 is 20.1 Å². The number of hydrogen-bond donors (Lipinski definition) is 1. The zero-order valence-electron chi connectivity index (χ0n) is 11.7. The van der Waals surface area contributed by atoms with E-state index in [1.54, 1.807) is 6.33 Å². The second-order valence-electron chi connectivity index (χ2n) is 5.47. The van der Waals surface area contributed by atoms with Crippen molar-refractivity contribution in [3.05, 3.63) is 12.4 Å². The van der Waals surface area contributed by atoms with Crippen LogP contribution in [0.3, 0.4) is 0 Å². The van der Waals surface area contributed by atoms with Crippen LogP contribution in [0, 0.1) is 0 Å². The summed E-state index contributed by atoms with van der Waals surface area (Å²) < 4.78 is 11.3. The van der Waals surface area contributed by atoms with Crippen molar-refractivity contribution in [3.8, 4) is 5.88 Å². The van der Waals surface area contributed by atoms with Gasteiger partial charge >= 0.3 is 0 Å². The van der Waals surface area contributed by atoms with Gasteiger partial charge in [-0.05, 0) is 25.7 Å². The molecule has 1 aromatic rings. The summed E-state index contributed by atoms with van der Waals surface area (Å²) in [6.07, 6.45) is 5.91. The van der Waals surface area contributed by atoms with Crippen LogP contribution >= 0.6 is 0 Å². The van der Waals surface area contributed by atoms with Crippen LogP contribution in [0.5, 0.6) is 5.88 Å². The number of morpholine rings is 1. The average molecular weight is 278 g/mol. The summed E-state index contributed by atoms with van der Waals surface area (Å²) in [5, 5.41) is 0. The summed E-state index contributed by atoms with van der Waals surface area (Å²) >= 11 is 0. The monoisotopic (exact) mass is 278 g/mol. The maximum absolute atomic E-state index is 5.97. The minimum atomic E-state index is 0.238. The molecule has 0 spiro atoms. The first-order valence-corrected chi connectivity index (χ1v) is 7.38. The molecule has 1 aromatic heterocycles. The first kappa shape index (κ1) is 13.6. The molecule has 0 radical (unpaired) electrons. The van der Waals surface area contributed by atoms with E-state index in [1.165, 1.54) is 0 Å². The van der Waals surface area contributed by atoms with Crippen LogP contribution in [0.2, 0.25) is 0 Å². The molecule has 0 atom stereocenters. The molecule has 0 amide bonds. The Balaban J connectivity index is 1.62. The van der Waals surface area contributed by atoms with Gasteiger partial charge in [-0.25, -0.2) is 9.97 Å². The van der Waals surface area contributed by atoms with E-state index >= 15 is 0 Å². The van der Waals surface area contributed by atoms with Gasteiger partial charge in [0.15, 0.2) is 0 Å². The van der Waals surface area contributed by atoms with Crippen molar-refractivity contribution in [2.45, 2.75) is 37.8 Å². The molecule has 1 aliphatic carbocycles. The summed E-state index contributed by atoms with van der Waals surface area (Å²) in [5.74, 6) is 1.59. The first-order valence-electron chi connectivity index (χ1n) is 7.38. The van der Waals surface area contributed by atoms with Crippen molar-refractivity contribution in [2.24, 2.45) is 5.73 Å². The second kappa shape index (κ2) is 6.37. The molecule has 2 aliphatic rings. The standard InChI is InChI=1S/C14H22N4O2/c15-11-1-3-12(4-2-11)20-14-9-13(16-10-17-14)18-5-7-19-8-6-18/h9-12H,1-8,15H2/t11-,12-. The van der Waals surface area contributed by atoms with Crippen LogP contribution < -0.4 is 15.4 Å². The fourth-order valence-corrected chi connectivity index (χ4v) is 2.74. The number of anilines is 1. The third-order valence-corrected chi connectivity index (χ3v) is 3.97. The quantitative estimate of drug-likeness (QED) is 0.888. The summed E-state index contributed by atoms with van der Waals surface area (Å²) in [4.78, 5) is 10.8. The molecular weight excluding hydrogens is 256 g/mol. The van der Waals surface area contributed by atoms with Crippen molar-refractivity contribution in [1.29, 1.82) is 0 Å². The maximum atomic E-state index is 5.97. The smallest absolute Gasteiger partial charge is 0.218 e. The van der Waals surface area contributed by atoms with Gasteiger partial charge in [0.1, 0.15) is 18.2 Å². The molecule has 6 heteroatoms. The lowest BCUT2D eigenvalue weighted by molar-refractivity contribution is 0.122. The van der Waals surface area contributed by atoms with Crippen molar-refractivity contribution in [3.63, 3.8) is 0 Å². The van der Waals surface area contributed by atoms with E-state index in [0.717, 1.165) is 57.8 Å². The molecule has 0 unspecified atom stereocenters. The Morgan fingerprint density at radius 3 is 2.65 bits per heavy atom. The zero-order chi connectivity index (χ0) is 13.8. The van der Waals surface area contributed by atoms with Gasteiger partial charge in [0.2, 0.25) is 5.88 Å². The third kappa shape index (κ3) is 3.37. The number of hydrogen-bond acceptors (Lipinski definition) is 6. The number of rotatable bonds is 3. The summed E-state index contributed by atoms with van der Waals surface area (Å²) in [5.41, 5.74) is 5.91. The second-order valence-corrected chi connectivity index (χ2v) is 5.47. The lowest BCUT2D eigenvalue weighted by Crippen LogP contribution is -2.36. The Morgan fingerprint density at radius 2 is 1.90 bits per heavy atom. The molecule has 6 nitrogen and oxygen atoms in total. The largest absolute Gasteiger partial charge is 0.474 e. The van der Waals surface area contributed by atoms with Gasteiger partial charge in [-0.3, -0.25) is 0 Å². The molecule has 2 N–H and O–H groups in total. The molecule has 3 rings (SSSR count). The van der Waals surface area contributed by atoms with Gasteiger partial charge in [0, 0.05) is 25.2 Å². The van der Waals surface area contributed by atoms with Crippen molar-refractivity contribution in [2.75, 3.05) is 31.2 Å². The number of nitrogens with two attached hydrogens (primary N) is 1. The molecule has 0 bridgehead atoms. The molecule has 2 fully saturated rings. The fraction of sp³-hybridized carbons (Fsp3) is 0.714. The normalized spacial score (nSPS) is 27.4. The Bertz CT molecular complexity index is 429. The summed E-state index contributed by atoms with van der Waals surface area (Å²) in [7, 11) is 0. The van der Waals surface area contributed by atoms with E-state index in [4.69, 9.17) is 15.2 Å². The van der Waals surface area contributed by atoms with Crippen LogP contribution in [-0.4, -0.2) is 48.4 Å². The third-order valence-electron chi connectivity index (χ3n) is 3.97. The highest BCUT2D eigenvalue weighted by Crippen LogP contribution is 2.23. The molecule has 1 saturated heterocycles. The van der Waals surface area contributed by atoms with Crippen LogP contribution in [0.15, 0.2) is 12.4 Å². The lowest BCUT2D eigenvalue weighted by Gasteiger charge is -2.29. The molecule has 2 heterocycles. The van der Waals surface area contributed by atoms with E-state index < -0.39 is 0 Å². The fourth-order valence-electron chi connectivity index (χ4n) is 2.74. The first-order chi connectivity index (χ1) is 9.81. The SMILES string of the molecule is N[C@H]1CC[C@H](Oc2cc(N3CCOCC3)ncn2)CC1. The van der Waals surface area contributed by atoms with Crippen LogP contribution in [0.1, 0.15) is 25.7 Å². The molecule has 1 saturated carbocycles. The Hall–Kier alpha value is -1.40. The number of nitrogens with zero attached hydrogens (tertiary/aromatic N) is 3. The summed E-state index contributed by atoms with van der Waals surface area (Å²) in [6.45, 7) is 3.24. The number of aromatic nitrogens is 2. The van der Waals surface area contributed by atoms with Crippen LogP contribution in [-0.2, 0) is 4.74 Å². The predicted molar refractivity (Wildman–Crippen MR) is 75.9 cm³/mol. The van der Waals surface area contributed by atoms with E-state index in [1.807, 2.05) is 6.07 Å². The Kier molecular flexibility index (Phi) is 4.32. The zero-order valence-corrected chi connectivity index (χ0v) is 11.7. The minimum Gasteiger partial charge on any atom is -0.474 e. The van der Waals surface area contributed by atoms with E-state index in [9.17, 15) is 0 Å². The highest BCUT2D eigenvalue weighted by molar-refractivity contribution is 5.41. The average Bonchev–Trinajstić information content (AvgIpc) is 2.51. The molecular formula is C14H22N4O2. The van der Waals surface area contributed by atoms with Gasteiger partial charge in [0.25, 0.3) is 0 Å². The number of ether oxygens (including phenoxy) is 2. The van der Waals surface area contributed by atoms with Crippen LogP contribution in [0.25, 0.3) is 0 Å². The maximum Gasteiger partial charge on any atom is 0.218 e. The Morgan fingerprint density at radius 1 is 1.15 bits per heavy atom. The minimum absolute atomic E-state index is 0.238. The summed E-state index contributed by atoms with van der Waals surface area (Å²) in [6, 6.07) is 2.27. The highest BCUT2D eigenvalue weighted by atomic mass is 16.5. The Labute approximate surface area is 119 Å². The van der Waals surface area contributed by atoms with Crippen molar-refractivity contribution in [1.82, 2.24) is 9.97 Å². The molecule has 1 aliphatic heterocycles. The lowest BCUT2D eigenvalue weighted by atomic mass is 9.94. The molecule has 110 valence electrons. The van der Waals surface area contributed by atoms with E-state index in [0.29, 0.717) is 11.9 Å². The highest BCUT2D eigenvalue weighted by Gasteiger charge is 2.21. The molecule has 20 heavy (non-hydrogen) atoms. The van der Waals surface area contributed by atoms with Crippen molar-refractivity contribution < 1.29 is 9.47 Å². The van der Waals surface area contributed by atoms with Gasteiger partial charge in [-0.15, -0.1) is 0 Å². The predicted octanol–water partition coefficient (Wildman–Crippen LogP) is 0.962.